The van der Waals surface area contributed by atoms with E-state index in [9.17, 15) is 17.6 Å². The Morgan fingerprint density at radius 2 is 1.67 bits per heavy atom. The van der Waals surface area contributed by atoms with Gasteiger partial charge >= 0.3 is 0 Å². The summed E-state index contributed by atoms with van der Waals surface area (Å²) in [7, 11) is 0. The number of hydrogen-bond donors (Lipinski definition) is 0. The zero-order chi connectivity index (χ0) is 11.2. The summed E-state index contributed by atoms with van der Waals surface area (Å²) in [5, 5.41) is 8.73. The van der Waals surface area contributed by atoms with E-state index >= 15 is 0 Å². The summed E-state index contributed by atoms with van der Waals surface area (Å²) >= 11 is 0. The molecule has 1 aromatic rings. The molecule has 5 heteroatoms. The Morgan fingerprint density at radius 1 is 1.07 bits per heavy atom. The van der Waals surface area contributed by atoms with Gasteiger partial charge in [-0.25, -0.2) is 17.6 Å². The predicted molar refractivity (Wildman–Crippen MR) is 42.8 cm³/mol. The van der Waals surface area contributed by atoms with Crippen LogP contribution in [0.2, 0.25) is 0 Å². The predicted octanol–water partition coefficient (Wildman–Crippen LogP) is 2.80. The third kappa shape index (κ3) is 1.29. The maximum atomic E-state index is 13.2. The second kappa shape index (κ2) is 2.96. The lowest BCUT2D eigenvalue weighted by Gasteiger charge is -2.09. The Morgan fingerprint density at radius 3 is 2.13 bits per heavy atom. The summed E-state index contributed by atoms with van der Waals surface area (Å²) in [6, 6.07) is 2.35. The van der Waals surface area contributed by atoms with Crippen molar-refractivity contribution in [2.45, 2.75) is 18.3 Å². The number of halogens is 4. The van der Waals surface area contributed by atoms with E-state index in [1.165, 1.54) is 0 Å². The Kier molecular flexibility index (Phi) is 1.97. The van der Waals surface area contributed by atoms with E-state index in [1.807, 2.05) is 0 Å². The van der Waals surface area contributed by atoms with Gasteiger partial charge in [-0.1, -0.05) is 0 Å². The average Bonchev–Trinajstić information content (AvgIpc) is 3.01. The van der Waals surface area contributed by atoms with Crippen molar-refractivity contribution >= 4 is 0 Å². The fraction of sp³-hybridized carbons (Fsp3) is 0.300. The molecule has 0 bridgehead atoms. The van der Waals surface area contributed by atoms with Gasteiger partial charge in [0.25, 0.3) is 0 Å². The van der Waals surface area contributed by atoms with Crippen molar-refractivity contribution < 1.29 is 17.6 Å². The van der Waals surface area contributed by atoms with Crippen molar-refractivity contribution in [1.82, 2.24) is 0 Å². The number of hydrogen-bond acceptors (Lipinski definition) is 1. The van der Waals surface area contributed by atoms with Gasteiger partial charge in [-0.15, -0.1) is 0 Å². The Hall–Kier alpha value is -1.57. The lowest BCUT2D eigenvalue weighted by atomic mass is 9.96. The molecule has 0 unspecified atom stereocenters. The first kappa shape index (κ1) is 9.97. The molecule has 0 N–H and O–H groups in total. The second-order valence-corrected chi connectivity index (χ2v) is 3.54. The lowest BCUT2D eigenvalue weighted by Crippen LogP contribution is -2.10. The minimum absolute atomic E-state index is 0.338. The third-order valence-electron chi connectivity index (χ3n) is 2.58. The molecule has 1 aliphatic rings. The molecule has 1 saturated carbocycles. The zero-order valence-corrected chi connectivity index (χ0v) is 7.45. The van der Waals surface area contributed by atoms with Crippen molar-refractivity contribution in [3.63, 3.8) is 0 Å². The van der Waals surface area contributed by atoms with Gasteiger partial charge in [0.2, 0.25) is 0 Å². The normalized spacial score (nSPS) is 17.3. The van der Waals surface area contributed by atoms with Crippen LogP contribution in [0.25, 0.3) is 0 Å². The summed E-state index contributed by atoms with van der Waals surface area (Å²) < 4.78 is 51.5. The molecule has 1 aliphatic carbocycles. The van der Waals surface area contributed by atoms with E-state index in [4.69, 9.17) is 5.26 Å². The molecule has 78 valence electrons. The van der Waals surface area contributed by atoms with Gasteiger partial charge in [-0.3, -0.25) is 0 Å². The summed E-state index contributed by atoms with van der Waals surface area (Å²) in [5.74, 6) is -6.63. The van der Waals surface area contributed by atoms with E-state index in [-0.39, 0.29) is 5.56 Å². The first-order chi connectivity index (χ1) is 7.02. The van der Waals surface area contributed by atoms with E-state index in [1.54, 1.807) is 6.07 Å². The van der Waals surface area contributed by atoms with E-state index in [0.717, 1.165) is 0 Å². The lowest BCUT2D eigenvalue weighted by molar-refractivity contribution is 0.401. The maximum Gasteiger partial charge on any atom is 0.197 e. The standard InChI is InChI=1S/C10H5F4N/c11-6-3-5(10(4-15)1-2-10)7(12)9(14)8(6)13/h3H,1-2H2. The Bertz CT molecular complexity index is 471. The van der Waals surface area contributed by atoms with Crippen LogP contribution in [-0.2, 0) is 5.41 Å². The highest BCUT2D eigenvalue weighted by Gasteiger charge is 2.48. The van der Waals surface area contributed by atoms with Crippen LogP contribution in [0.1, 0.15) is 18.4 Å². The van der Waals surface area contributed by atoms with Crippen LogP contribution in [0.15, 0.2) is 6.07 Å². The molecule has 0 atom stereocenters. The molecule has 0 radical (unpaired) electrons. The van der Waals surface area contributed by atoms with Gasteiger partial charge in [0, 0.05) is 5.56 Å². The van der Waals surface area contributed by atoms with Gasteiger partial charge in [-0.05, 0) is 18.9 Å². The molecule has 2 rings (SSSR count). The number of benzene rings is 1. The molecule has 0 amide bonds. The van der Waals surface area contributed by atoms with E-state index < -0.39 is 28.7 Å². The molecule has 0 saturated heterocycles. The van der Waals surface area contributed by atoms with Crippen molar-refractivity contribution in [3.05, 3.63) is 34.9 Å². The highest BCUT2D eigenvalue weighted by Crippen LogP contribution is 2.49. The molecule has 1 nitrogen and oxygen atoms in total. The Labute approximate surface area is 82.9 Å². The van der Waals surface area contributed by atoms with Gasteiger partial charge in [-0.2, -0.15) is 5.26 Å². The largest absolute Gasteiger partial charge is 0.204 e. The van der Waals surface area contributed by atoms with E-state index in [2.05, 4.69) is 0 Å². The van der Waals surface area contributed by atoms with Gasteiger partial charge in [0.05, 0.1) is 11.5 Å². The van der Waals surface area contributed by atoms with Gasteiger partial charge < -0.3 is 0 Å². The van der Waals surface area contributed by atoms with Crippen molar-refractivity contribution in [3.8, 4) is 6.07 Å². The molecule has 0 heterocycles. The van der Waals surface area contributed by atoms with Crippen molar-refractivity contribution in [2.24, 2.45) is 0 Å². The minimum Gasteiger partial charge on any atom is -0.204 e. The van der Waals surface area contributed by atoms with Crippen LogP contribution in [0.3, 0.4) is 0 Å². The fourth-order valence-corrected chi connectivity index (χ4v) is 1.49. The highest BCUT2D eigenvalue weighted by molar-refractivity contribution is 5.40. The molecule has 0 aromatic heterocycles. The number of nitriles is 1. The number of rotatable bonds is 1. The second-order valence-electron chi connectivity index (χ2n) is 3.54. The molecular weight excluding hydrogens is 210 g/mol. The number of nitrogens with zero attached hydrogens (tertiary/aromatic N) is 1. The average molecular weight is 215 g/mol. The van der Waals surface area contributed by atoms with Crippen LogP contribution in [0.4, 0.5) is 17.6 Å². The molecular formula is C10H5F4N. The maximum absolute atomic E-state index is 13.2. The van der Waals surface area contributed by atoms with Crippen LogP contribution in [-0.4, -0.2) is 0 Å². The summed E-state index contributed by atoms with van der Waals surface area (Å²) in [6.07, 6.45) is 0.676. The van der Waals surface area contributed by atoms with Crippen LogP contribution >= 0.6 is 0 Å². The van der Waals surface area contributed by atoms with Crippen molar-refractivity contribution in [2.75, 3.05) is 0 Å². The quantitative estimate of drug-likeness (QED) is 0.401. The minimum atomic E-state index is -1.86. The van der Waals surface area contributed by atoms with Crippen LogP contribution in [0.5, 0.6) is 0 Å². The Balaban J connectivity index is 2.65. The molecule has 1 fully saturated rings. The molecule has 0 aliphatic heterocycles. The van der Waals surface area contributed by atoms with Gasteiger partial charge in [0.15, 0.2) is 23.3 Å². The van der Waals surface area contributed by atoms with Crippen LogP contribution in [0, 0.1) is 34.6 Å². The first-order valence-corrected chi connectivity index (χ1v) is 4.26. The summed E-state index contributed by atoms with van der Waals surface area (Å²) in [5.41, 5.74) is -1.55. The molecule has 0 spiro atoms. The summed E-state index contributed by atoms with van der Waals surface area (Å²) in [6.45, 7) is 0. The smallest absolute Gasteiger partial charge is 0.197 e. The fourth-order valence-electron chi connectivity index (χ4n) is 1.49. The SMILES string of the molecule is N#CC1(c2cc(F)c(F)c(F)c2F)CC1. The summed E-state index contributed by atoms with van der Waals surface area (Å²) in [4.78, 5) is 0. The highest BCUT2D eigenvalue weighted by atomic mass is 19.2. The molecule has 1 aromatic carbocycles. The monoisotopic (exact) mass is 215 g/mol. The van der Waals surface area contributed by atoms with Gasteiger partial charge in [0.1, 0.15) is 0 Å². The van der Waals surface area contributed by atoms with Crippen molar-refractivity contribution in [1.29, 1.82) is 5.26 Å². The zero-order valence-electron chi connectivity index (χ0n) is 7.45. The third-order valence-corrected chi connectivity index (χ3v) is 2.58. The van der Waals surface area contributed by atoms with Crippen LogP contribution < -0.4 is 0 Å². The van der Waals surface area contributed by atoms with E-state index in [0.29, 0.717) is 18.9 Å². The first-order valence-electron chi connectivity index (χ1n) is 4.26. The molecule has 15 heavy (non-hydrogen) atoms. The topological polar surface area (TPSA) is 23.8 Å².